The van der Waals surface area contributed by atoms with E-state index in [1.54, 1.807) is 0 Å². The molecule has 2 aliphatic carbocycles. The zero-order valence-electron chi connectivity index (χ0n) is 18.6. The van der Waals surface area contributed by atoms with Gasteiger partial charge in [0.15, 0.2) is 0 Å². The Morgan fingerprint density at radius 1 is 1.12 bits per heavy atom. The van der Waals surface area contributed by atoms with Crippen LogP contribution in [0.4, 0.5) is 4.39 Å². The predicted octanol–water partition coefficient (Wildman–Crippen LogP) is 6.32. The summed E-state index contributed by atoms with van der Waals surface area (Å²) in [7, 11) is 0. The van der Waals surface area contributed by atoms with Crippen LogP contribution in [0, 0.1) is 5.82 Å². The van der Waals surface area contributed by atoms with E-state index in [0.29, 0.717) is 18.5 Å². The average Bonchev–Trinajstić information content (AvgIpc) is 3.06. The van der Waals surface area contributed by atoms with Crippen molar-refractivity contribution in [2.45, 2.75) is 82.7 Å². The highest BCUT2D eigenvalue weighted by Crippen LogP contribution is 2.31. The smallest absolute Gasteiger partial charge is 0.247 e. The van der Waals surface area contributed by atoms with Gasteiger partial charge in [-0.15, -0.1) is 11.6 Å². The van der Waals surface area contributed by atoms with Crippen molar-refractivity contribution in [3.05, 3.63) is 46.3 Å². The predicted molar refractivity (Wildman–Crippen MR) is 127 cm³/mol. The molecule has 1 fully saturated rings. The van der Waals surface area contributed by atoms with Crippen molar-refractivity contribution >= 4 is 35.0 Å². The number of halogens is 3. The Hall–Kier alpha value is -1.59. The van der Waals surface area contributed by atoms with Gasteiger partial charge in [-0.3, -0.25) is 9.59 Å². The molecule has 32 heavy (non-hydrogen) atoms. The number of hydrogen-bond acceptors (Lipinski definition) is 2. The van der Waals surface area contributed by atoms with E-state index in [0.717, 1.165) is 44.9 Å². The third kappa shape index (κ3) is 6.95. The topological polar surface area (TPSA) is 49.4 Å². The van der Waals surface area contributed by atoms with Crippen molar-refractivity contribution in [2.24, 2.45) is 0 Å². The highest BCUT2D eigenvalue weighted by Gasteiger charge is 2.34. The molecule has 1 N–H and O–H groups in total. The van der Waals surface area contributed by atoms with E-state index < -0.39 is 11.9 Å². The van der Waals surface area contributed by atoms with Crippen LogP contribution in [0.3, 0.4) is 0 Å². The second kappa shape index (κ2) is 12.6. The number of alkyl halides is 1. The van der Waals surface area contributed by atoms with Gasteiger partial charge >= 0.3 is 0 Å². The van der Waals surface area contributed by atoms with E-state index in [2.05, 4.69) is 11.4 Å². The van der Waals surface area contributed by atoms with Crippen LogP contribution in [0.1, 0.15) is 82.2 Å². The highest BCUT2D eigenvalue weighted by atomic mass is 35.5. The maximum absolute atomic E-state index is 13.8. The average molecular weight is 483 g/mol. The summed E-state index contributed by atoms with van der Waals surface area (Å²) < 4.78 is 13.8. The zero-order valence-corrected chi connectivity index (χ0v) is 20.1. The van der Waals surface area contributed by atoms with Crippen LogP contribution in [0.5, 0.6) is 0 Å². The van der Waals surface area contributed by atoms with E-state index in [4.69, 9.17) is 23.2 Å². The van der Waals surface area contributed by atoms with Gasteiger partial charge in [0.2, 0.25) is 11.8 Å². The lowest BCUT2D eigenvalue weighted by atomic mass is 9.96. The Morgan fingerprint density at radius 3 is 2.50 bits per heavy atom. The first kappa shape index (κ1) is 25.0. The van der Waals surface area contributed by atoms with Gasteiger partial charge in [-0.05, 0) is 57.1 Å². The van der Waals surface area contributed by atoms with Crippen LogP contribution in [-0.4, -0.2) is 35.2 Å². The Morgan fingerprint density at radius 2 is 1.88 bits per heavy atom. The molecule has 0 aliphatic heterocycles. The number of benzene rings is 1. The summed E-state index contributed by atoms with van der Waals surface area (Å²) in [5.41, 5.74) is 1.73. The number of allylic oxidation sites excluding steroid dienone is 1. The Bertz CT molecular complexity index is 822. The number of nitrogens with one attached hydrogen (secondary N) is 1. The Labute approximate surface area is 200 Å². The van der Waals surface area contributed by atoms with Crippen LogP contribution >= 0.6 is 23.2 Å². The molecule has 1 aromatic carbocycles. The molecule has 0 aromatic heterocycles. The summed E-state index contributed by atoms with van der Waals surface area (Å²) in [6, 6.07) is 3.10. The standard InChI is InChI=1S/C25H33Cl2FN2O2/c26-17-23(31)30(15-14-18-8-4-3-5-9-18)24(21-13-12-19(28)16-22(21)27)25(32)29-20-10-6-1-2-7-11-20/h8,12-13,16,20,24H,1-7,9-11,14-15,17H2,(H,29,32)/t24-/m0/s1. The Balaban J connectivity index is 1.88. The second-order valence-electron chi connectivity index (χ2n) is 8.84. The molecule has 1 atom stereocenters. The highest BCUT2D eigenvalue weighted by molar-refractivity contribution is 6.31. The first-order valence-electron chi connectivity index (χ1n) is 11.8. The fourth-order valence-electron chi connectivity index (χ4n) is 4.75. The van der Waals surface area contributed by atoms with Gasteiger partial charge in [-0.25, -0.2) is 4.39 Å². The minimum absolute atomic E-state index is 0.0701. The maximum Gasteiger partial charge on any atom is 0.247 e. The van der Waals surface area contributed by atoms with E-state index in [1.807, 2.05) is 0 Å². The van der Waals surface area contributed by atoms with Crippen molar-refractivity contribution in [2.75, 3.05) is 12.4 Å². The van der Waals surface area contributed by atoms with Gasteiger partial charge in [0.25, 0.3) is 0 Å². The van der Waals surface area contributed by atoms with Crippen molar-refractivity contribution < 1.29 is 14.0 Å². The summed E-state index contributed by atoms with van der Waals surface area (Å²) in [5.74, 6) is -1.32. The molecule has 0 heterocycles. The third-order valence-corrected chi connectivity index (χ3v) is 7.07. The normalized spacial score (nSPS) is 18.4. The number of hydrogen-bond donors (Lipinski definition) is 1. The molecule has 176 valence electrons. The van der Waals surface area contributed by atoms with Crippen molar-refractivity contribution in [1.82, 2.24) is 10.2 Å². The SMILES string of the molecule is O=C(NC1CCCCCC1)[C@H](c1ccc(F)cc1Cl)N(CCC1=CCCCC1)C(=O)CCl. The minimum atomic E-state index is -0.943. The fourth-order valence-corrected chi connectivity index (χ4v) is 5.17. The van der Waals surface area contributed by atoms with E-state index >= 15 is 0 Å². The third-order valence-electron chi connectivity index (χ3n) is 6.51. The van der Waals surface area contributed by atoms with Gasteiger partial charge in [0, 0.05) is 23.2 Å². The fraction of sp³-hybridized carbons (Fsp3) is 0.600. The quantitative estimate of drug-likeness (QED) is 0.267. The lowest BCUT2D eigenvalue weighted by molar-refractivity contribution is -0.139. The van der Waals surface area contributed by atoms with Crippen molar-refractivity contribution in [3.8, 4) is 0 Å². The Kier molecular flexibility index (Phi) is 9.86. The molecule has 7 heteroatoms. The number of rotatable bonds is 8. The van der Waals surface area contributed by atoms with Crippen molar-refractivity contribution in [1.29, 1.82) is 0 Å². The van der Waals surface area contributed by atoms with Crippen LogP contribution < -0.4 is 5.32 Å². The lowest BCUT2D eigenvalue weighted by Crippen LogP contribution is -2.47. The van der Waals surface area contributed by atoms with Crippen LogP contribution in [-0.2, 0) is 9.59 Å². The largest absolute Gasteiger partial charge is 0.351 e. The van der Waals surface area contributed by atoms with Gasteiger partial charge < -0.3 is 10.2 Å². The molecule has 0 unspecified atom stereocenters. The molecular formula is C25H33Cl2FN2O2. The molecule has 4 nitrogen and oxygen atoms in total. The van der Waals surface area contributed by atoms with Gasteiger partial charge in [0.05, 0.1) is 0 Å². The van der Waals surface area contributed by atoms with Gasteiger partial charge in [0.1, 0.15) is 17.7 Å². The molecular weight excluding hydrogens is 450 g/mol. The van der Waals surface area contributed by atoms with Gasteiger partial charge in [-0.1, -0.05) is 55.0 Å². The van der Waals surface area contributed by atoms with Crippen LogP contribution in [0.25, 0.3) is 0 Å². The number of carbonyl (C=O) groups excluding carboxylic acids is 2. The lowest BCUT2D eigenvalue weighted by Gasteiger charge is -2.33. The number of nitrogens with zero attached hydrogens (tertiary/aromatic N) is 1. The molecule has 0 spiro atoms. The monoisotopic (exact) mass is 482 g/mol. The molecule has 1 saturated carbocycles. The minimum Gasteiger partial charge on any atom is -0.351 e. The molecule has 3 rings (SSSR count). The first-order valence-corrected chi connectivity index (χ1v) is 12.7. The first-order chi connectivity index (χ1) is 15.5. The molecule has 0 bridgehead atoms. The van der Waals surface area contributed by atoms with Crippen molar-refractivity contribution in [3.63, 3.8) is 0 Å². The van der Waals surface area contributed by atoms with Crippen LogP contribution in [0.2, 0.25) is 5.02 Å². The summed E-state index contributed by atoms with van der Waals surface area (Å²) in [6.07, 6.45) is 13.7. The van der Waals surface area contributed by atoms with Crippen LogP contribution in [0.15, 0.2) is 29.8 Å². The maximum atomic E-state index is 13.8. The molecule has 0 saturated heterocycles. The summed E-state index contributed by atoms with van der Waals surface area (Å²) in [4.78, 5) is 28.0. The molecule has 0 radical (unpaired) electrons. The van der Waals surface area contributed by atoms with E-state index in [-0.39, 0.29) is 28.8 Å². The number of carbonyl (C=O) groups is 2. The summed E-state index contributed by atoms with van der Waals surface area (Å²) >= 11 is 12.3. The van der Waals surface area contributed by atoms with E-state index in [1.165, 1.54) is 47.9 Å². The summed E-state index contributed by atoms with van der Waals surface area (Å²) in [5, 5.41) is 3.29. The zero-order chi connectivity index (χ0) is 22.9. The second-order valence-corrected chi connectivity index (χ2v) is 9.52. The summed E-state index contributed by atoms with van der Waals surface area (Å²) in [6.45, 7) is 0.369. The molecule has 2 aliphatic rings. The number of amides is 2. The van der Waals surface area contributed by atoms with E-state index in [9.17, 15) is 14.0 Å². The molecule has 1 aromatic rings. The van der Waals surface area contributed by atoms with Gasteiger partial charge in [-0.2, -0.15) is 0 Å². The molecule has 2 amide bonds.